The van der Waals surface area contributed by atoms with Crippen molar-refractivity contribution in [2.24, 2.45) is 11.8 Å². The van der Waals surface area contributed by atoms with Crippen molar-refractivity contribution in [2.45, 2.75) is 26.2 Å². The highest BCUT2D eigenvalue weighted by Gasteiger charge is 2.36. The molecule has 2 unspecified atom stereocenters. The summed E-state index contributed by atoms with van der Waals surface area (Å²) in [6, 6.07) is 10.1. The molecule has 1 aliphatic heterocycles. The smallest absolute Gasteiger partial charge is 0.308 e. The monoisotopic (exact) mass is 275 g/mol. The van der Waals surface area contributed by atoms with E-state index in [2.05, 4.69) is 12.1 Å². The quantitative estimate of drug-likeness (QED) is 0.896. The first-order valence-electron chi connectivity index (χ1n) is 7.12. The molecule has 1 saturated heterocycles. The molecule has 1 N–H and O–H groups in total. The van der Waals surface area contributed by atoms with E-state index in [1.165, 1.54) is 5.56 Å². The van der Waals surface area contributed by atoms with Gasteiger partial charge in [0, 0.05) is 19.5 Å². The number of amides is 1. The minimum Gasteiger partial charge on any atom is -0.481 e. The second-order valence-corrected chi connectivity index (χ2v) is 5.56. The van der Waals surface area contributed by atoms with Gasteiger partial charge >= 0.3 is 5.97 Å². The summed E-state index contributed by atoms with van der Waals surface area (Å²) in [6.45, 7) is 2.83. The molecule has 0 aliphatic carbocycles. The average Bonchev–Trinajstić information content (AvgIpc) is 2.82. The molecule has 1 aromatic carbocycles. The van der Waals surface area contributed by atoms with Crippen molar-refractivity contribution in [1.29, 1.82) is 0 Å². The molecule has 1 heterocycles. The summed E-state index contributed by atoms with van der Waals surface area (Å²) in [4.78, 5) is 24.8. The molecule has 2 atom stereocenters. The van der Waals surface area contributed by atoms with Gasteiger partial charge in [0.05, 0.1) is 5.92 Å². The second kappa shape index (κ2) is 6.55. The van der Waals surface area contributed by atoms with Crippen LogP contribution >= 0.6 is 0 Å². The average molecular weight is 275 g/mol. The van der Waals surface area contributed by atoms with Crippen LogP contribution in [-0.2, 0) is 16.0 Å². The molecule has 0 bridgehead atoms. The van der Waals surface area contributed by atoms with Gasteiger partial charge in [0.2, 0.25) is 5.91 Å². The van der Waals surface area contributed by atoms with E-state index in [0.717, 1.165) is 12.8 Å². The van der Waals surface area contributed by atoms with E-state index in [4.69, 9.17) is 5.11 Å². The lowest BCUT2D eigenvalue weighted by molar-refractivity contribution is -0.142. The van der Waals surface area contributed by atoms with Gasteiger partial charge in [0.15, 0.2) is 0 Å². The Bertz CT molecular complexity index is 472. The lowest BCUT2D eigenvalue weighted by Gasteiger charge is -2.15. The van der Waals surface area contributed by atoms with Crippen LogP contribution in [0.1, 0.15) is 25.3 Å². The molecule has 1 aromatic rings. The number of aryl methyl sites for hydroxylation is 1. The number of nitrogens with zero attached hydrogens (tertiary/aromatic N) is 1. The number of benzene rings is 1. The highest BCUT2D eigenvalue weighted by molar-refractivity contribution is 5.79. The normalized spacial score (nSPS) is 21.9. The molecule has 0 aromatic heterocycles. The van der Waals surface area contributed by atoms with Crippen molar-refractivity contribution in [3.63, 3.8) is 0 Å². The fourth-order valence-electron chi connectivity index (χ4n) is 2.74. The third-order valence-electron chi connectivity index (χ3n) is 3.98. The third-order valence-corrected chi connectivity index (χ3v) is 3.98. The van der Waals surface area contributed by atoms with E-state index in [1.54, 1.807) is 4.90 Å². The molecule has 20 heavy (non-hydrogen) atoms. The number of carboxylic acids is 1. The van der Waals surface area contributed by atoms with Crippen LogP contribution in [0, 0.1) is 11.8 Å². The van der Waals surface area contributed by atoms with Gasteiger partial charge in [-0.15, -0.1) is 0 Å². The van der Waals surface area contributed by atoms with Crippen LogP contribution < -0.4 is 0 Å². The molecule has 0 spiro atoms. The van der Waals surface area contributed by atoms with Crippen LogP contribution in [0.3, 0.4) is 0 Å². The van der Waals surface area contributed by atoms with Gasteiger partial charge in [0.1, 0.15) is 0 Å². The van der Waals surface area contributed by atoms with E-state index >= 15 is 0 Å². The summed E-state index contributed by atoms with van der Waals surface area (Å²) in [6.07, 6.45) is 2.19. The van der Waals surface area contributed by atoms with Gasteiger partial charge in [-0.3, -0.25) is 9.59 Å². The van der Waals surface area contributed by atoms with Gasteiger partial charge < -0.3 is 10.0 Å². The van der Waals surface area contributed by atoms with Crippen LogP contribution in [0.15, 0.2) is 30.3 Å². The SMILES string of the molecule is CC1CN(C(=O)CCCc2ccccc2)CC1C(=O)O. The van der Waals surface area contributed by atoms with Crippen molar-refractivity contribution in [1.82, 2.24) is 4.90 Å². The van der Waals surface area contributed by atoms with Crippen molar-refractivity contribution in [3.05, 3.63) is 35.9 Å². The first kappa shape index (κ1) is 14.6. The van der Waals surface area contributed by atoms with E-state index in [1.807, 2.05) is 25.1 Å². The van der Waals surface area contributed by atoms with E-state index in [9.17, 15) is 9.59 Å². The first-order valence-corrected chi connectivity index (χ1v) is 7.12. The highest BCUT2D eigenvalue weighted by Crippen LogP contribution is 2.24. The standard InChI is InChI=1S/C16H21NO3/c1-12-10-17(11-14(12)16(19)20)15(18)9-5-8-13-6-3-2-4-7-13/h2-4,6-7,12,14H,5,8-11H2,1H3,(H,19,20). The predicted octanol–water partition coefficient (Wildman–Crippen LogP) is 2.19. The Morgan fingerprint density at radius 2 is 1.95 bits per heavy atom. The van der Waals surface area contributed by atoms with Gasteiger partial charge in [0.25, 0.3) is 0 Å². The Balaban J connectivity index is 1.77. The number of hydrogen-bond donors (Lipinski definition) is 1. The predicted molar refractivity (Wildman–Crippen MR) is 76.2 cm³/mol. The molecule has 0 saturated carbocycles. The maximum absolute atomic E-state index is 12.1. The summed E-state index contributed by atoms with van der Waals surface area (Å²) >= 11 is 0. The number of carbonyl (C=O) groups is 2. The highest BCUT2D eigenvalue weighted by atomic mass is 16.4. The van der Waals surface area contributed by atoms with Crippen molar-refractivity contribution in [2.75, 3.05) is 13.1 Å². The molecular weight excluding hydrogens is 254 g/mol. The van der Waals surface area contributed by atoms with Crippen LogP contribution in [0.4, 0.5) is 0 Å². The van der Waals surface area contributed by atoms with Gasteiger partial charge in [-0.2, -0.15) is 0 Å². The zero-order valence-corrected chi connectivity index (χ0v) is 11.8. The third kappa shape index (κ3) is 3.59. The molecule has 1 fully saturated rings. The van der Waals surface area contributed by atoms with Crippen LogP contribution in [0.5, 0.6) is 0 Å². The van der Waals surface area contributed by atoms with Crippen LogP contribution in [0.2, 0.25) is 0 Å². The largest absolute Gasteiger partial charge is 0.481 e. The number of carboxylic acid groups (broad SMARTS) is 1. The van der Waals surface area contributed by atoms with E-state index < -0.39 is 11.9 Å². The van der Waals surface area contributed by atoms with Gasteiger partial charge in [-0.25, -0.2) is 0 Å². The van der Waals surface area contributed by atoms with E-state index in [0.29, 0.717) is 19.5 Å². The topological polar surface area (TPSA) is 57.6 Å². The Labute approximate surface area is 119 Å². The molecule has 4 heteroatoms. The van der Waals surface area contributed by atoms with E-state index in [-0.39, 0.29) is 11.8 Å². The Hall–Kier alpha value is -1.84. The zero-order valence-electron chi connectivity index (χ0n) is 11.8. The molecule has 108 valence electrons. The number of rotatable bonds is 5. The fourth-order valence-corrected chi connectivity index (χ4v) is 2.74. The Morgan fingerprint density at radius 3 is 2.55 bits per heavy atom. The molecule has 1 aliphatic rings. The number of likely N-dealkylation sites (tertiary alicyclic amines) is 1. The fraction of sp³-hybridized carbons (Fsp3) is 0.500. The van der Waals surface area contributed by atoms with Crippen molar-refractivity contribution in [3.8, 4) is 0 Å². The zero-order chi connectivity index (χ0) is 14.5. The second-order valence-electron chi connectivity index (χ2n) is 5.56. The number of aliphatic carboxylic acids is 1. The number of carbonyl (C=O) groups excluding carboxylic acids is 1. The minimum absolute atomic E-state index is 0.0468. The summed E-state index contributed by atoms with van der Waals surface area (Å²) < 4.78 is 0. The lowest BCUT2D eigenvalue weighted by atomic mass is 9.99. The molecule has 1 amide bonds. The summed E-state index contributed by atoms with van der Waals surface area (Å²) in [5, 5.41) is 9.07. The summed E-state index contributed by atoms with van der Waals surface area (Å²) in [7, 11) is 0. The van der Waals surface area contributed by atoms with Crippen LogP contribution in [0.25, 0.3) is 0 Å². The summed E-state index contributed by atoms with van der Waals surface area (Å²) in [5.41, 5.74) is 1.23. The molecule has 0 radical (unpaired) electrons. The molecule has 2 rings (SSSR count). The molecular formula is C16H21NO3. The van der Waals surface area contributed by atoms with Crippen LogP contribution in [-0.4, -0.2) is 35.0 Å². The van der Waals surface area contributed by atoms with Crippen molar-refractivity contribution >= 4 is 11.9 Å². The number of hydrogen-bond acceptors (Lipinski definition) is 2. The summed E-state index contributed by atoms with van der Waals surface area (Å²) in [5.74, 6) is -1.08. The van der Waals surface area contributed by atoms with Gasteiger partial charge in [-0.1, -0.05) is 37.3 Å². The Kier molecular flexibility index (Phi) is 4.77. The first-order chi connectivity index (χ1) is 9.58. The lowest BCUT2D eigenvalue weighted by Crippen LogP contribution is -2.29. The Morgan fingerprint density at radius 1 is 1.25 bits per heavy atom. The van der Waals surface area contributed by atoms with Crippen molar-refractivity contribution < 1.29 is 14.7 Å². The maximum Gasteiger partial charge on any atom is 0.308 e. The minimum atomic E-state index is -0.794. The molecule has 4 nitrogen and oxygen atoms in total. The maximum atomic E-state index is 12.1. The van der Waals surface area contributed by atoms with Gasteiger partial charge in [-0.05, 0) is 24.3 Å².